The Bertz CT molecular complexity index is 431. The molecule has 1 heterocycles. The van der Waals surface area contributed by atoms with Gasteiger partial charge >= 0.3 is 5.97 Å². The van der Waals surface area contributed by atoms with Gasteiger partial charge in [-0.1, -0.05) is 13.8 Å². The molecule has 1 rings (SSSR count). The van der Waals surface area contributed by atoms with E-state index in [1.54, 1.807) is 25.2 Å². The first-order valence-electron chi connectivity index (χ1n) is 5.65. The molecule has 4 nitrogen and oxygen atoms in total. The molecule has 0 spiro atoms. The highest BCUT2D eigenvalue weighted by Crippen LogP contribution is 2.20. The number of aliphatic carboxylic acids is 1. The van der Waals surface area contributed by atoms with E-state index < -0.39 is 12.0 Å². The number of hydrogen-bond acceptors (Lipinski definition) is 3. The SMILES string of the molecule is CC(C)[C@@H](NC(=O)CCc1cc(Br)cs1)C(=O)O. The van der Waals surface area contributed by atoms with Gasteiger partial charge in [0.2, 0.25) is 5.91 Å². The molecule has 0 aromatic carbocycles. The van der Waals surface area contributed by atoms with Crippen LogP contribution in [0.15, 0.2) is 15.9 Å². The summed E-state index contributed by atoms with van der Waals surface area (Å²) in [6.07, 6.45) is 0.940. The van der Waals surface area contributed by atoms with Gasteiger partial charge in [-0.3, -0.25) is 4.79 Å². The molecule has 1 atom stereocenters. The minimum atomic E-state index is -0.989. The first-order valence-corrected chi connectivity index (χ1v) is 7.32. The first kappa shape index (κ1) is 15.2. The van der Waals surface area contributed by atoms with Gasteiger partial charge in [0.1, 0.15) is 6.04 Å². The van der Waals surface area contributed by atoms with Gasteiger partial charge in [-0.05, 0) is 34.3 Å². The third-order valence-corrected chi connectivity index (χ3v) is 4.23. The van der Waals surface area contributed by atoms with Crippen molar-refractivity contribution < 1.29 is 14.7 Å². The van der Waals surface area contributed by atoms with E-state index in [1.165, 1.54) is 0 Å². The summed E-state index contributed by atoms with van der Waals surface area (Å²) in [5, 5.41) is 13.5. The summed E-state index contributed by atoms with van der Waals surface area (Å²) >= 11 is 4.93. The Labute approximate surface area is 119 Å². The third kappa shape index (κ3) is 4.78. The Morgan fingerprint density at radius 1 is 1.50 bits per heavy atom. The largest absolute Gasteiger partial charge is 0.480 e. The van der Waals surface area contributed by atoms with Crippen molar-refractivity contribution in [3.8, 4) is 0 Å². The number of nitrogens with one attached hydrogen (secondary N) is 1. The van der Waals surface area contributed by atoms with Crippen LogP contribution in [0, 0.1) is 5.92 Å². The lowest BCUT2D eigenvalue weighted by Gasteiger charge is -2.17. The predicted molar refractivity (Wildman–Crippen MR) is 74.7 cm³/mol. The Kier molecular flexibility index (Phi) is 5.81. The van der Waals surface area contributed by atoms with Gasteiger partial charge in [-0.15, -0.1) is 11.3 Å². The Balaban J connectivity index is 2.43. The summed E-state index contributed by atoms with van der Waals surface area (Å²) in [6.45, 7) is 3.55. The van der Waals surface area contributed by atoms with Crippen molar-refractivity contribution in [2.24, 2.45) is 5.92 Å². The van der Waals surface area contributed by atoms with Crippen LogP contribution in [0.2, 0.25) is 0 Å². The van der Waals surface area contributed by atoms with Gasteiger partial charge < -0.3 is 10.4 Å². The molecule has 0 saturated heterocycles. The molecule has 0 unspecified atom stereocenters. The van der Waals surface area contributed by atoms with Crippen LogP contribution in [-0.4, -0.2) is 23.0 Å². The zero-order chi connectivity index (χ0) is 13.7. The van der Waals surface area contributed by atoms with Gasteiger partial charge in [-0.25, -0.2) is 4.79 Å². The molecular weight excluding hydrogens is 318 g/mol. The average molecular weight is 334 g/mol. The van der Waals surface area contributed by atoms with Gasteiger partial charge in [0, 0.05) is 21.2 Å². The van der Waals surface area contributed by atoms with Crippen molar-refractivity contribution in [1.29, 1.82) is 0 Å². The molecule has 0 saturated carbocycles. The number of carboxylic acids is 1. The van der Waals surface area contributed by atoms with Gasteiger partial charge in [0.05, 0.1) is 0 Å². The van der Waals surface area contributed by atoms with Crippen LogP contribution in [-0.2, 0) is 16.0 Å². The highest BCUT2D eigenvalue weighted by molar-refractivity contribution is 9.10. The minimum absolute atomic E-state index is 0.123. The van der Waals surface area contributed by atoms with Crippen molar-refractivity contribution in [3.63, 3.8) is 0 Å². The molecule has 18 heavy (non-hydrogen) atoms. The monoisotopic (exact) mass is 333 g/mol. The molecule has 100 valence electrons. The summed E-state index contributed by atoms with van der Waals surface area (Å²) in [6, 6.07) is 1.15. The summed E-state index contributed by atoms with van der Waals surface area (Å²) in [4.78, 5) is 23.7. The fraction of sp³-hybridized carbons (Fsp3) is 0.500. The maximum Gasteiger partial charge on any atom is 0.326 e. The maximum atomic E-state index is 11.7. The second-order valence-corrected chi connectivity index (χ2v) is 6.27. The average Bonchev–Trinajstić information content (AvgIpc) is 2.68. The first-order chi connectivity index (χ1) is 8.40. The normalized spacial score (nSPS) is 12.4. The standard InChI is InChI=1S/C12H16BrNO3S/c1-7(2)11(12(16)17)14-10(15)4-3-9-5-8(13)6-18-9/h5-7,11H,3-4H2,1-2H3,(H,14,15)(H,16,17)/t11-/m1/s1. The van der Waals surface area contributed by atoms with Crippen molar-refractivity contribution in [2.45, 2.75) is 32.7 Å². The molecule has 1 aromatic heterocycles. The van der Waals surface area contributed by atoms with Crippen LogP contribution >= 0.6 is 27.3 Å². The number of thiophene rings is 1. The third-order valence-electron chi connectivity index (χ3n) is 2.47. The number of carbonyl (C=O) groups is 2. The fourth-order valence-corrected chi connectivity index (χ4v) is 2.94. The second kappa shape index (κ2) is 6.89. The van der Waals surface area contributed by atoms with E-state index in [2.05, 4.69) is 21.2 Å². The van der Waals surface area contributed by atoms with Crippen LogP contribution in [0.1, 0.15) is 25.1 Å². The van der Waals surface area contributed by atoms with Gasteiger partial charge in [0.25, 0.3) is 0 Å². The van der Waals surface area contributed by atoms with Crippen molar-refractivity contribution >= 4 is 39.1 Å². The number of hydrogen-bond donors (Lipinski definition) is 2. The molecule has 0 bridgehead atoms. The lowest BCUT2D eigenvalue weighted by atomic mass is 10.0. The molecule has 6 heteroatoms. The van der Waals surface area contributed by atoms with Crippen LogP contribution in [0.25, 0.3) is 0 Å². The zero-order valence-electron chi connectivity index (χ0n) is 10.3. The number of amides is 1. The lowest BCUT2D eigenvalue weighted by molar-refractivity contribution is -0.143. The molecule has 0 radical (unpaired) electrons. The molecule has 0 aliphatic carbocycles. The minimum Gasteiger partial charge on any atom is -0.480 e. The molecule has 1 amide bonds. The number of carbonyl (C=O) groups excluding carboxylic acids is 1. The lowest BCUT2D eigenvalue weighted by Crippen LogP contribution is -2.44. The second-order valence-electron chi connectivity index (χ2n) is 4.36. The van der Waals surface area contributed by atoms with E-state index in [0.717, 1.165) is 9.35 Å². The van der Waals surface area contributed by atoms with E-state index >= 15 is 0 Å². The van der Waals surface area contributed by atoms with Crippen molar-refractivity contribution in [3.05, 3.63) is 20.8 Å². The van der Waals surface area contributed by atoms with Crippen molar-refractivity contribution in [1.82, 2.24) is 5.32 Å². The van der Waals surface area contributed by atoms with E-state index in [1.807, 2.05) is 11.4 Å². The van der Waals surface area contributed by atoms with E-state index in [9.17, 15) is 9.59 Å². The van der Waals surface area contributed by atoms with E-state index in [0.29, 0.717) is 12.8 Å². The van der Waals surface area contributed by atoms with Crippen molar-refractivity contribution in [2.75, 3.05) is 0 Å². The molecular formula is C12H16BrNO3S. The highest BCUT2D eigenvalue weighted by Gasteiger charge is 2.23. The molecule has 1 aromatic rings. The summed E-state index contributed by atoms with van der Waals surface area (Å²) in [5.74, 6) is -1.33. The number of rotatable bonds is 6. The van der Waals surface area contributed by atoms with Crippen LogP contribution in [0.3, 0.4) is 0 Å². The number of halogens is 1. The zero-order valence-corrected chi connectivity index (χ0v) is 12.7. The maximum absolute atomic E-state index is 11.7. The topological polar surface area (TPSA) is 66.4 Å². The van der Waals surface area contributed by atoms with Gasteiger partial charge in [-0.2, -0.15) is 0 Å². The number of aryl methyl sites for hydroxylation is 1. The van der Waals surface area contributed by atoms with Gasteiger partial charge in [0.15, 0.2) is 0 Å². The predicted octanol–water partition coefficient (Wildman–Crippen LogP) is 2.67. The molecule has 0 aliphatic rings. The molecule has 2 N–H and O–H groups in total. The van der Waals surface area contributed by atoms with Crippen LogP contribution in [0.4, 0.5) is 0 Å². The Morgan fingerprint density at radius 3 is 2.61 bits per heavy atom. The smallest absolute Gasteiger partial charge is 0.326 e. The fourth-order valence-electron chi connectivity index (χ4n) is 1.48. The van der Waals surface area contributed by atoms with E-state index in [-0.39, 0.29) is 11.8 Å². The molecule has 0 fully saturated rings. The number of carboxylic acid groups (broad SMARTS) is 1. The Morgan fingerprint density at radius 2 is 2.17 bits per heavy atom. The Hall–Kier alpha value is -0.880. The van der Waals surface area contributed by atoms with Crippen LogP contribution < -0.4 is 5.32 Å². The summed E-state index contributed by atoms with van der Waals surface area (Å²) in [7, 11) is 0. The van der Waals surface area contributed by atoms with Crippen LogP contribution in [0.5, 0.6) is 0 Å². The summed E-state index contributed by atoms with van der Waals surface area (Å²) < 4.78 is 1.01. The quantitative estimate of drug-likeness (QED) is 0.841. The summed E-state index contributed by atoms with van der Waals surface area (Å²) in [5.41, 5.74) is 0. The van der Waals surface area contributed by atoms with E-state index in [4.69, 9.17) is 5.11 Å². The molecule has 0 aliphatic heterocycles. The highest BCUT2D eigenvalue weighted by atomic mass is 79.9.